The van der Waals surface area contributed by atoms with Gasteiger partial charge in [0.25, 0.3) is 0 Å². The first-order valence-corrected chi connectivity index (χ1v) is 5.49. The fraction of sp³-hybridized carbons (Fsp3) is 0.818. The second kappa shape index (κ2) is 5.13. The Labute approximate surface area is 91.0 Å². The minimum atomic E-state index is -0.268. The van der Waals surface area contributed by atoms with Crippen LogP contribution < -0.4 is 10.6 Å². The van der Waals surface area contributed by atoms with Crippen LogP contribution in [-0.2, 0) is 4.79 Å². The molecule has 1 unspecified atom stereocenters. The molecule has 0 radical (unpaired) electrons. The number of nitrogens with one attached hydrogen (secondary N) is 2. The first-order chi connectivity index (χ1) is 7.13. The van der Waals surface area contributed by atoms with E-state index < -0.39 is 0 Å². The second-order valence-corrected chi connectivity index (χ2v) is 4.40. The van der Waals surface area contributed by atoms with E-state index >= 15 is 0 Å². The number of carbonyl (C=O) groups excluding carboxylic acids is 1. The summed E-state index contributed by atoms with van der Waals surface area (Å²) in [6.45, 7) is 6.28. The van der Waals surface area contributed by atoms with Gasteiger partial charge >= 0.3 is 0 Å². The Morgan fingerprint density at radius 1 is 1.67 bits per heavy atom. The van der Waals surface area contributed by atoms with Crippen LogP contribution in [0.5, 0.6) is 0 Å². The van der Waals surface area contributed by atoms with Gasteiger partial charge in [-0.15, -0.1) is 0 Å². The number of nitrogens with zero attached hydrogens (tertiary/aromatic N) is 1. The normalized spacial score (nSPS) is 25.2. The molecule has 1 heterocycles. The van der Waals surface area contributed by atoms with Crippen molar-refractivity contribution in [2.24, 2.45) is 11.3 Å². The first-order valence-electron chi connectivity index (χ1n) is 5.49. The Hall–Kier alpha value is -1.08. The van der Waals surface area contributed by atoms with Gasteiger partial charge in [-0.2, -0.15) is 5.26 Å². The molecule has 0 spiro atoms. The maximum Gasteiger partial charge on any atom is 0.227 e. The summed E-state index contributed by atoms with van der Waals surface area (Å²) < 4.78 is 0. The Morgan fingerprint density at radius 2 is 2.40 bits per heavy atom. The van der Waals surface area contributed by atoms with Crippen molar-refractivity contribution in [3.05, 3.63) is 0 Å². The van der Waals surface area contributed by atoms with Crippen molar-refractivity contribution < 1.29 is 4.79 Å². The highest BCUT2D eigenvalue weighted by atomic mass is 16.2. The number of carbonyl (C=O) groups is 1. The van der Waals surface area contributed by atoms with E-state index in [2.05, 4.69) is 24.5 Å². The average Bonchev–Trinajstić information content (AvgIpc) is 2.67. The van der Waals surface area contributed by atoms with Crippen LogP contribution in [0.15, 0.2) is 0 Å². The van der Waals surface area contributed by atoms with Crippen molar-refractivity contribution in [1.82, 2.24) is 10.6 Å². The molecular formula is C11H19N3O. The molecule has 1 aliphatic heterocycles. The predicted octanol–water partition coefficient (Wildman–Crippen LogP) is 0.652. The van der Waals surface area contributed by atoms with E-state index in [1.54, 1.807) is 0 Å². The van der Waals surface area contributed by atoms with E-state index in [9.17, 15) is 4.79 Å². The summed E-state index contributed by atoms with van der Waals surface area (Å²) in [5.41, 5.74) is -0.268. The minimum absolute atomic E-state index is 0.0951. The van der Waals surface area contributed by atoms with Crippen molar-refractivity contribution in [3.8, 4) is 6.07 Å². The lowest BCUT2D eigenvalue weighted by molar-refractivity contribution is -0.132. The number of rotatable bonds is 4. The van der Waals surface area contributed by atoms with Crippen molar-refractivity contribution in [1.29, 1.82) is 5.26 Å². The van der Waals surface area contributed by atoms with Crippen LogP contribution in [-0.4, -0.2) is 25.5 Å². The number of hydrogen-bond acceptors (Lipinski definition) is 3. The highest BCUT2D eigenvalue weighted by Gasteiger charge is 2.43. The smallest absolute Gasteiger partial charge is 0.227 e. The zero-order valence-corrected chi connectivity index (χ0v) is 9.47. The molecule has 15 heavy (non-hydrogen) atoms. The van der Waals surface area contributed by atoms with E-state index in [1.165, 1.54) is 0 Å². The molecule has 1 rings (SSSR count). The van der Waals surface area contributed by atoms with Gasteiger partial charge in [-0.3, -0.25) is 4.79 Å². The van der Waals surface area contributed by atoms with Gasteiger partial charge in [-0.1, -0.05) is 13.8 Å². The van der Waals surface area contributed by atoms with Crippen LogP contribution in [0.2, 0.25) is 0 Å². The van der Waals surface area contributed by atoms with Gasteiger partial charge in [0.1, 0.15) is 0 Å². The van der Waals surface area contributed by atoms with Crippen LogP contribution in [0.4, 0.5) is 0 Å². The number of hydrogen-bond donors (Lipinski definition) is 2. The molecule has 2 N–H and O–H groups in total. The van der Waals surface area contributed by atoms with Gasteiger partial charge in [0, 0.05) is 13.1 Å². The molecule has 1 aliphatic rings. The quantitative estimate of drug-likeness (QED) is 0.668. The van der Waals surface area contributed by atoms with Gasteiger partial charge in [-0.25, -0.2) is 0 Å². The second-order valence-electron chi connectivity index (χ2n) is 4.40. The summed E-state index contributed by atoms with van der Waals surface area (Å²) in [5, 5.41) is 14.5. The molecule has 0 saturated carbocycles. The average molecular weight is 209 g/mol. The van der Waals surface area contributed by atoms with Crippen molar-refractivity contribution in [2.75, 3.05) is 19.6 Å². The van der Waals surface area contributed by atoms with Crippen molar-refractivity contribution in [2.45, 2.75) is 26.7 Å². The molecule has 1 fully saturated rings. The van der Waals surface area contributed by atoms with E-state index in [4.69, 9.17) is 5.26 Å². The lowest BCUT2D eigenvalue weighted by atomic mass is 9.75. The molecule has 0 aromatic carbocycles. The van der Waals surface area contributed by atoms with E-state index in [0.29, 0.717) is 18.9 Å². The Kier molecular flexibility index (Phi) is 4.10. The monoisotopic (exact) mass is 209 g/mol. The molecule has 0 aromatic heterocycles. The number of amides is 1. The van der Waals surface area contributed by atoms with Gasteiger partial charge in [0.15, 0.2) is 0 Å². The molecule has 4 heteroatoms. The summed E-state index contributed by atoms with van der Waals surface area (Å²) in [4.78, 5) is 12.0. The molecule has 0 aromatic rings. The molecule has 1 amide bonds. The lowest BCUT2D eigenvalue weighted by Crippen LogP contribution is -2.46. The molecule has 1 saturated heterocycles. The standard InChI is InChI=1S/C11H19N3O/c1-9(2)11(4-7-13-8-11)10(15)14-6-3-5-12/h9,13H,3-4,6-8H2,1-2H3,(H,14,15). The van der Waals surface area contributed by atoms with Crippen LogP contribution in [0, 0.1) is 22.7 Å². The van der Waals surface area contributed by atoms with Crippen LogP contribution >= 0.6 is 0 Å². The maximum absolute atomic E-state index is 12.0. The van der Waals surface area contributed by atoms with Gasteiger partial charge in [-0.05, 0) is 18.9 Å². The van der Waals surface area contributed by atoms with Crippen molar-refractivity contribution >= 4 is 5.91 Å². The van der Waals surface area contributed by atoms with Gasteiger partial charge in [0.2, 0.25) is 5.91 Å². The number of nitriles is 1. The third kappa shape index (κ3) is 2.48. The molecule has 0 aliphatic carbocycles. The van der Waals surface area contributed by atoms with Crippen molar-refractivity contribution in [3.63, 3.8) is 0 Å². The van der Waals surface area contributed by atoms with E-state index in [0.717, 1.165) is 19.5 Å². The maximum atomic E-state index is 12.0. The summed E-state index contributed by atoms with van der Waals surface area (Å²) >= 11 is 0. The highest BCUT2D eigenvalue weighted by Crippen LogP contribution is 2.34. The van der Waals surface area contributed by atoms with Gasteiger partial charge < -0.3 is 10.6 Å². The molecule has 1 atom stereocenters. The first kappa shape index (κ1) is 12.0. The fourth-order valence-corrected chi connectivity index (χ4v) is 2.07. The Bertz CT molecular complexity index is 261. The summed E-state index contributed by atoms with van der Waals surface area (Å²) in [6, 6.07) is 2.03. The zero-order valence-electron chi connectivity index (χ0n) is 9.47. The SMILES string of the molecule is CC(C)C1(C(=O)NCCC#N)CCNC1. The van der Waals surface area contributed by atoms with E-state index in [-0.39, 0.29) is 11.3 Å². The largest absolute Gasteiger partial charge is 0.355 e. The third-order valence-electron chi connectivity index (χ3n) is 3.27. The van der Waals surface area contributed by atoms with Crippen LogP contribution in [0.3, 0.4) is 0 Å². The van der Waals surface area contributed by atoms with Crippen LogP contribution in [0.1, 0.15) is 26.7 Å². The Morgan fingerprint density at radius 3 is 2.87 bits per heavy atom. The lowest BCUT2D eigenvalue weighted by Gasteiger charge is -2.30. The third-order valence-corrected chi connectivity index (χ3v) is 3.27. The summed E-state index contributed by atoms with van der Waals surface area (Å²) in [6.07, 6.45) is 1.27. The van der Waals surface area contributed by atoms with E-state index in [1.807, 2.05) is 6.07 Å². The van der Waals surface area contributed by atoms with Crippen LogP contribution in [0.25, 0.3) is 0 Å². The fourth-order valence-electron chi connectivity index (χ4n) is 2.07. The molecular weight excluding hydrogens is 190 g/mol. The molecule has 84 valence electrons. The topological polar surface area (TPSA) is 64.9 Å². The minimum Gasteiger partial charge on any atom is -0.355 e. The Balaban J connectivity index is 2.57. The summed E-state index contributed by atoms with van der Waals surface area (Å²) in [5.74, 6) is 0.423. The molecule has 4 nitrogen and oxygen atoms in total. The zero-order chi connectivity index (χ0) is 11.3. The van der Waals surface area contributed by atoms with Gasteiger partial charge in [0.05, 0.1) is 17.9 Å². The predicted molar refractivity (Wildman–Crippen MR) is 58.0 cm³/mol. The molecule has 0 bridgehead atoms. The summed E-state index contributed by atoms with van der Waals surface area (Å²) in [7, 11) is 0. The highest BCUT2D eigenvalue weighted by molar-refractivity contribution is 5.83.